The lowest BCUT2D eigenvalue weighted by Gasteiger charge is -2.41. The molecule has 0 aromatic heterocycles. The molecular formula is C47H83O15P. The van der Waals surface area contributed by atoms with Crippen molar-refractivity contribution in [1.29, 1.82) is 0 Å². The Balaban J connectivity index is 2.58. The summed E-state index contributed by atoms with van der Waals surface area (Å²) in [6, 6.07) is 0. The molecule has 8 N–H and O–H groups in total. The van der Waals surface area contributed by atoms with E-state index in [9.17, 15) is 54.8 Å². The largest absolute Gasteiger partial charge is 0.472 e. The van der Waals surface area contributed by atoms with Gasteiger partial charge in [0.25, 0.3) is 0 Å². The normalized spacial score (nSPS) is 23.1. The van der Waals surface area contributed by atoms with Crippen molar-refractivity contribution in [3.8, 4) is 0 Å². The van der Waals surface area contributed by atoms with Gasteiger partial charge >= 0.3 is 19.8 Å². The predicted octanol–water partition coefficient (Wildman–Crippen LogP) is 7.11. The molecule has 0 amide bonds. The molecule has 0 spiro atoms. The van der Waals surface area contributed by atoms with Crippen LogP contribution in [0.15, 0.2) is 48.6 Å². The SMILES string of the molecule is CCCCC/C=C\C[C@H](O)/C=C/C=C/C=C\[C@H](O)CCCC(=O)O[C@H](COC(=O)CCCCCCCCCCCCCCCCC)COP(=O)(O)OC1[C@H](O)[C@H](O)C(O)[C@H](O)[C@H]1O. The molecule has 1 aliphatic rings. The minimum absolute atomic E-state index is 0.116. The van der Waals surface area contributed by atoms with Crippen LogP contribution in [0.5, 0.6) is 0 Å². The first kappa shape index (κ1) is 58.7. The van der Waals surface area contributed by atoms with Gasteiger partial charge in [0.15, 0.2) is 6.10 Å². The van der Waals surface area contributed by atoms with E-state index in [4.69, 9.17) is 18.5 Å². The number of phosphoric acid groups is 1. The number of aliphatic hydroxyl groups is 7. The molecule has 0 aromatic carbocycles. The molecule has 3 unspecified atom stereocenters. The summed E-state index contributed by atoms with van der Waals surface area (Å²) in [6.07, 6.45) is 22.0. The second kappa shape index (κ2) is 36.9. The molecule has 16 heteroatoms. The number of aliphatic hydroxyl groups excluding tert-OH is 7. The fourth-order valence-electron chi connectivity index (χ4n) is 6.95. The number of unbranched alkanes of at least 4 members (excludes halogenated alkanes) is 17. The Morgan fingerprint density at radius 3 is 1.60 bits per heavy atom. The van der Waals surface area contributed by atoms with Gasteiger partial charge in [-0.1, -0.05) is 165 Å². The van der Waals surface area contributed by atoms with Crippen LogP contribution in [0.3, 0.4) is 0 Å². The van der Waals surface area contributed by atoms with Crippen LogP contribution >= 0.6 is 7.82 Å². The molecule has 1 saturated carbocycles. The van der Waals surface area contributed by atoms with Crippen molar-refractivity contribution in [2.75, 3.05) is 13.2 Å². The first-order chi connectivity index (χ1) is 30.2. The second-order valence-electron chi connectivity index (χ2n) is 16.7. The third kappa shape index (κ3) is 29.8. The summed E-state index contributed by atoms with van der Waals surface area (Å²) in [5.41, 5.74) is 0. The molecule has 10 atom stereocenters. The fraction of sp³-hybridized carbons (Fsp3) is 0.787. The van der Waals surface area contributed by atoms with Gasteiger partial charge in [0, 0.05) is 12.8 Å². The van der Waals surface area contributed by atoms with Gasteiger partial charge < -0.3 is 50.1 Å². The van der Waals surface area contributed by atoms with E-state index in [1.165, 1.54) is 83.1 Å². The molecule has 1 rings (SSSR count). The Hall–Kier alpha value is -2.27. The Morgan fingerprint density at radius 2 is 1.05 bits per heavy atom. The lowest BCUT2D eigenvalue weighted by molar-refractivity contribution is -0.220. The van der Waals surface area contributed by atoms with Crippen molar-refractivity contribution >= 4 is 19.8 Å². The summed E-state index contributed by atoms with van der Waals surface area (Å²) in [4.78, 5) is 35.7. The zero-order chi connectivity index (χ0) is 46.7. The van der Waals surface area contributed by atoms with Crippen molar-refractivity contribution in [3.63, 3.8) is 0 Å². The summed E-state index contributed by atoms with van der Waals surface area (Å²) in [5.74, 6) is -1.34. The van der Waals surface area contributed by atoms with Crippen LogP contribution in [0, 0.1) is 0 Å². The van der Waals surface area contributed by atoms with Crippen LogP contribution < -0.4 is 0 Å². The summed E-state index contributed by atoms with van der Waals surface area (Å²) in [7, 11) is -5.19. The minimum Gasteiger partial charge on any atom is -0.462 e. The number of hydrogen-bond donors (Lipinski definition) is 8. The van der Waals surface area contributed by atoms with E-state index in [1.807, 2.05) is 6.08 Å². The van der Waals surface area contributed by atoms with Crippen molar-refractivity contribution in [2.45, 2.75) is 223 Å². The first-order valence-corrected chi connectivity index (χ1v) is 25.2. The van der Waals surface area contributed by atoms with Crippen molar-refractivity contribution in [2.24, 2.45) is 0 Å². The molecule has 0 saturated heterocycles. The topological polar surface area (TPSA) is 250 Å². The third-order valence-electron chi connectivity index (χ3n) is 10.9. The van der Waals surface area contributed by atoms with Crippen molar-refractivity contribution < 1.29 is 73.3 Å². The van der Waals surface area contributed by atoms with Gasteiger partial charge in [-0.05, 0) is 38.5 Å². The van der Waals surface area contributed by atoms with Gasteiger partial charge in [-0.25, -0.2) is 4.57 Å². The fourth-order valence-corrected chi connectivity index (χ4v) is 7.92. The molecule has 366 valence electrons. The Kier molecular flexibility index (Phi) is 34.4. The van der Waals surface area contributed by atoms with E-state index < -0.39 is 87.9 Å². The minimum atomic E-state index is -5.19. The molecule has 0 aromatic rings. The molecule has 0 heterocycles. The van der Waals surface area contributed by atoms with E-state index >= 15 is 0 Å². The second-order valence-corrected chi connectivity index (χ2v) is 18.1. The van der Waals surface area contributed by atoms with Crippen molar-refractivity contribution in [1.82, 2.24) is 0 Å². The van der Waals surface area contributed by atoms with Crippen LogP contribution in [0.2, 0.25) is 0 Å². The highest BCUT2D eigenvalue weighted by molar-refractivity contribution is 7.47. The van der Waals surface area contributed by atoms with Gasteiger partial charge in [0.2, 0.25) is 0 Å². The molecule has 1 aliphatic carbocycles. The molecule has 63 heavy (non-hydrogen) atoms. The van der Waals surface area contributed by atoms with E-state index in [2.05, 4.69) is 19.9 Å². The zero-order valence-electron chi connectivity index (χ0n) is 38.1. The summed E-state index contributed by atoms with van der Waals surface area (Å²) in [6.45, 7) is 3.04. The Morgan fingerprint density at radius 1 is 0.571 bits per heavy atom. The first-order valence-electron chi connectivity index (χ1n) is 23.7. The highest BCUT2D eigenvalue weighted by Crippen LogP contribution is 2.47. The number of rotatable bonds is 38. The third-order valence-corrected chi connectivity index (χ3v) is 11.8. The van der Waals surface area contributed by atoms with E-state index in [0.29, 0.717) is 12.8 Å². The number of phosphoric ester groups is 1. The van der Waals surface area contributed by atoms with E-state index in [1.54, 1.807) is 30.4 Å². The van der Waals surface area contributed by atoms with E-state index in [-0.39, 0.29) is 25.7 Å². The number of carbonyl (C=O) groups is 2. The quantitative estimate of drug-likeness (QED) is 0.0101. The lowest BCUT2D eigenvalue weighted by atomic mass is 9.85. The van der Waals surface area contributed by atoms with Gasteiger partial charge in [0.1, 0.15) is 43.2 Å². The van der Waals surface area contributed by atoms with Crippen LogP contribution in [0.1, 0.15) is 168 Å². The molecule has 0 bridgehead atoms. The molecular weight excluding hydrogens is 835 g/mol. The maximum Gasteiger partial charge on any atom is 0.472 e. The molecule has 15 nitrogen and oxygen atoms in total. The number of hydrogen-bond acceptors (Lipinski definition) is 14. The molecule has 0 aliphatic heterocycles. The number of esters is 2. The maximum absolute atomic E-state index is 12.8. The number of allylic oxidation sites excluding steroid dienone is 5. The Bertz CT molecular complexity index is 1320. The highest BCUT2D eigenvalue weighted by atomic mass is 31.2. The number of ether oxygens (including phenoxy) is 2. The van der Waals surface area contributed by atoms with Crippen LogP contribution in [-0.4, -0.2) is 121 Å². The highest BCUT2D eigenvalue weighted by Gasteiger charge is 2.51. The van der Waals surface area contributed by atoms with Crippen LogP contribution in [-0.2, 0) is 32.7 Å². The lowest BCUT2D eigenvalue weighted by Crippen LogP contribution is -2.64. The monoisotopic (exact) mass is 919 g/mol. The van der Waals surface area contributed by atoms with Crippen molar-refractivity contribution in [3.05, 3.63) is 48.6 Å². The smallest absolute Gasteiger partial charge is 0.462 e. The molecule has 0 radical (unpaired) electrons. The molecule has 1 fully saturated rings. The van der Waals surface area contributed by atoms with Gasteiger partial charge in [-0.3, -0.25) is 18.6 Å². The standard InChI is InChI=1S/C47H83O15P/c1-3-5-7-9-11-12-13-14-15-16-17-18-19-21-27-33-40(50)59-35-39(36-60-63(57,58)62-47-45(55)43(53)42(52)44(54)46(47)56)61-41(51)34-28-32-38(49)31-26-23-22-25-30-37(48)29-24-20-10-8-6-4-2/h20,22-26,30-31,37-39,42-49,52-56H,3-19,21,27-29,32-36H2,1-2H3,(H,57,58)/b23-22+,24-20-,30-25+,31-26-/t37-,38-,39+,42?,43-,44+,45+,46+,47?/m0/s1. The maximum atomic E-state index is 12.8. The zero-order valence-corrected chi connectivity index (χ0v) is 39.0. The number of carbonyl (C=O) groups excluding carboxylic acids is 2. The summed E-state index contributed by atoms with van der Waals surface area (Å²) < 4.78 is 33.3. The average molecular weight is 919 g/mol. The van der Waals surface area contributed by atoms with E-state index in [0.717, 1.165) is 38.5 Å². The Labute approximate surface area is 376 Å². The van der Waals surface area contributed by atoms with Gasteiger partial charge in [0.05, 0.1) is 18.8 Å². The van der Waals surface area contributed by atoms with Crippen LogP contribution in [0.4, 0.5) is 0 Å². The van der Waals surface area contributed by atoms with Crippen LogP contribution in [0.25, 0.3) is 0 Å². The van der Waals surface area contributed by atoms with Gasteiger partial charge in [-0.2, -0.15) is 0 Å². The summed E-state index contributed by atoms with van der Waals surface area (Å²) in [5, 5.41) is 70.5. The average Bonchev–Trinajstić information content (AvgIpc) is 3.25. The summed E-state index contributed by atoms with van der Waals surface area (Å²) >= 11 is 0. The van der Waals surface area contributed by atoms with Gasteiger partial charge in [-0.15, -0.1) is 0 Å². The predicted molar refractivity (Wildman–Crippen MR) is 242 cm³/mol.